The van der Waals surface area contributed by atoms with Crippen molar-refractivity contribution in [1.82, 2.24) is 9.88 Å². The Kier molecular flexibility index (Phi) is 4.30. The second kappa shape index (κ2) is 5.73. The molecule has 9 heteroatoms. The molecule has 1 fully saturated rings. The summed E-state index contributed by atoms with van der Waals surface area (Å²) in [5.41, 5.74) is -0.409. The molecule has 8 nitrogen and oxygen atoms in total. The Hall–Kier alpha value is -1.87. The molecule has 2 heterocycles. The molecule has 0 saturated carbocycles. The second-order valence-corrected chi connectivity index (χ2v) is 7.57. The molecule has 1 atom stereocenters. The van der Waals surface area contributed by atoms with Gasteiger partial charge < -0.3 is 15.3 Å². The van der Waals surface area contributed by atoms with E-state index in [1.54, 1.807) is 12.1 Å². The number of sulfonamides is 1. The van der Waals surface area contributed by atoms with Gasteiger partial charge >= 0.3 is 6.09 Å². The van der Waals surface area contributed by atoms with Crippen molar-refractivity contribution in [2.75, 3.05) is 18.4 Å². The minimum Gasteiger partial charge on any atom is -0.465 e. The second-order valence-electron chi connectivity index (χ2n) is 6.06. The first-order valence-electron chi connectivity index (χ1n) is 6.84. The predicted molar refractivity (Wildman–Crippen MR) is 81.0 cm³/mol. The van der Waals surface area contributed by atoms with Gasteiger partial charge in [-0.2, -0.15) is 0 Å². The fourth-order valence-electron chi connectivity index (χ4n) is 2.78. The molecule has 4 N–H and O–H groups in total. The van der Waals surface area contributed by atoms with E-state index in [0.29, 0.717) is 18.9 Å². The largest absolute Gasteiger partial charge is 0.465 e. The fraction of sp³-hybridized carbons (Fsp3) is 0.538. The van der Waals surface area contributed by atoms with Gasteiger partial charge in [0, 0.05) is 18.6 Å². The van der Waals surface area contributed by atoms with Crippen LogP contribution in [0.4, 0.5) is 10.6 Å². The number of aromatic nitrogens is 1. The monoisotopic (exact) mass is 328 g/mol. The summed E-state index contributed by atoms with van der Waals surface area (Å²) in [5, 5.41) is 17.1. The van der Waals surface area contributed by atoms with Gasteiger partial charge in [-0.25, -0.2) is 23.3 Å². The van der Waals surface area contributed by atoms with E-state index in [2.05, 4.69) is 10.3 Å². The third-order valence-corrected chi connectivity index (χ3v) is 4.59. The van der Waals surface area contributed by atoms with E-state index in [1.807, 2.05) is 13.8 Å². The minimum atomic E-state index is -3.84. The maximum atomic E-state index is 11.3. The molecule has 1 aliphatic rings. The number of rotatable bonds is 4. The molecule has 122 valence electrons. The van der Waals surface area contributed by atoms with Crippen molar-refractivity contribution in [3.05, 3.63) is 18.2 Å². The lowest BCUT2D eigenvalue weighted by atomic mass is 9.96. The molecule has 1 aromatic rings. The highest BCUT2D eigenvalue weighted by Crippen LogP contribution is 2.32. The van der Waals surface area contributed by atoms with Crippen LogP contribution in [0.15, 0.2) is 23.2 Å². The number of carboxylic acid groups (broad SMARTS) is 1. The average molecular weight is 328 g/mol. The molecule has 22 heavy (non-hydrogen) atoms. The van der Waals surface area contributed by atoms with Crippen LogP contribution in [0.3, 0.4) is 0 Å². The van der Waals surface area contributed by atoms with Gasteiger partial charge in [0.25, 0.3) is 10.0 Å². The lowest BCUT2D eigenvalue weighted by Gasteiger charge is -2.28. The number of amides is 1. The molecule has 1 aromatic heterocycles. The number of pyridine rings is 1. The van der Waals surface area contributed by atoms with Gasteiger partial charge in [-0.3, -0.25) is 0 Å². The highest BCUT2D eigenvalue weighted by atomic mass is 32.2. The number of nitrogens with zero attached hydrogens (tertiary/aromatic N) is 2. The van der Waals surface area contributed by atoms with E-state index in [0.717, 1.165) is 6.42 Å². The number of likely N-dealkylation sites (tertiary alicyclic amines) is 1. The lowest BCUT2D eigenvalue weighted by molar-refractivity contribution is 0.117. The Morgan fingerprint density at radius 3 is 2.77 bits per heavy atom. The van der Waals surface area contributed by atoms with Crippen molar-refractivity contribution in [2.45, 2.75) is 30.8 Å². The molecule has 0 aliphatic carbocycles. The third-order valence-electron chi connectivity index (χ3n) is 3.78. The SMILES string of the molecule is CC1(C)C[C@@H](CNc2cccc(S(N)(=O)=O)n2)CN1C(=O)O. The van der Waals surface area contributed by atoms with Crippen molar-refractivity contribution in [3.63, 3.8) is 0 Å². The molecule has 0 unspecified atom stereocenters. The predicted octanol–water partition coefficient (Wildman–Crippen LogP) is 0.919. The summed E-state index contributed by atoms with van der Waals surface area (Å²) in [6.07, 6.45) is -0.205. The minimum absolute atomic E-state index is 0.131. The standard InChI is InChI=1S/C13H20N4O4S/c1-13(2)6-9(8-17(13)12(18)19)7-15-10-4-3-5-11(16-10)22(14,20)21/h3-5,9H,6-8H2,1-2H3,(H,15,16)(H,18,19)(H2,14,20,21)/t9-/m0/s1. The highest BCUT2D eigenvalue weighted by Gasteiger charge is 2.41. The van der Waals surface area contributed by atoms with E-state index in [1.165, 1.54) is 11.0 Å². The van der Waals surface area contributed by atoms with Crippen LogP contribution in [0.2, 0.25) is 0 Å². The fourth-order valence-corrected chi connectivity index (χ4v) is 3.27. The Balaban J connectivity index is 2.02. The Bertz CT molecular complexity index is 674. The zero-order valence-corrected chi connectivity index (χ0v) is 13.3. The van der Waals surface area contributed by atoms with Gasteiger partial charge in [0.2, 0.25) is 0 Å². The van der Waals surface area contributed by atoms with Gasteiger partial charge in [0.1, 0.15) is 5.82 Å². The van der Waals surface area contributed by atoms with Crippen LogP contribution in [0.25, 0.3) is 0 Å². The topological polar surface area (TPSA) is 126 Å². The van der Waals surface area contributed by atoms with Crippen LogP contribution in [0, 0.1) is 5.92 Å². The molecule has 1 saturated heterocycles. The summed E-state index contributed by atoms with van der Waals surface area (Å²) in [4.78, 5) is 16.6. The lowest BCUT2D eigenvalue weighted by Crippen LogP contribution is -2.41. The molecule has 1 amide bonds. The third kappa shape index (κ3) is 3.66. The van der Waals surface area contributed by atoms with Gasteiger partial charge in [0.05, 0.1) is 0 Å². The van der Waals surface area contributed by atoms with E-state index < -0.39 is 21.7 Å². The van der Waals surface area contributed by atoms with E-state index in [9.17, 15) is 18.3 Å². The first kappa shape index (κ1) is 16.5. The van der Waals surface area contributed by atoms with Gasteiger partial charge in [-0.05, 0) is 38.3 Å². The number of nitrogens with two attached hydrogens (primary N) is 1. The van der Waals surface area contributed by atoms with Gasteiger partial charge in [-0.1, -0.05) is 6.07 Å². The van der Waals surface area contributed by atoms with Gasteiger partial charge in [-0.15, -0.1) is 0 Å². The summed E-state index contributed by atoms with van der Waals surface area (Å²) in [5.74, 6) is 0.532. The van der Waals surface area contributed by atoms with Crippen LogP contribution in [-0.2, 0) is 10.0 Å². The molecule has 0 radical (unpaired) electrons. The van der Waals surface area contributed by atoms with Crippen LogP contribution in [0.1, 0.15) is 20.3 Å². The molecule has 1 aliphatic heterocycles. The van der Waals surface area contributed by atoms with Crippen LogP contribution in [0.5, 0.6) is 0 Å². The van der Waals surface area contributed by atoms with Crippen molar-refractivity contribution in [2.24, 2.45) is 11.1 Å². The smallest absolute Gasteiger partial charge is 0.407 e. The Morgan fingerprint density at radius 1 is 1.55 bits per heavy atom. The Morgan fingerprint density at radius 2 is 2.23 bits per heavy atom. The summed E-state index contributed by atoms with van der Waals surface area (Å²) in [7, 11) is -3.84. The Labute approximate surface area is 129 Å². The molecule has 2 rings (SSSR count). The number of hydrogen-bond donors (Lipinski definition) is 3. The number of primary sulfonamides is 1. The van der Waals surface area contributed by atoms with Crippen molar-refractivity contribution < 1.29 is 18.3 Å². The van der Waals surface area contributed by atoms with Crippen LogP contribution >= 0.6 is 0 Å². The summed E-state index contributed by atoms with van der Waals surface area (Å²) >= 11 is 0. The zero-order chi connectivity index (χ0) is 16.5. The summed E-state index contributed by atoms with van der Waals surface area (Å²) < 4.78 is 22.5. The maximum Gasteiger partial charge on any atom is 0.407 e. The van der Waals surface area contributed by atoms with E-state index >= 15 is 0 Å². The molecular weight excluding hydrogens is 308 g/mol. The van der Waals surface area contributed by atoms with Crippen LogP contribution < -0.4 is 10.5 Å². The van der Waals surface area contributed by atoms with E-state index in [4.69, 9.17) is 5.14 Å². The number of hydrogen-bond acceptors (Lipinski definition) is 5. The highest BCUT2D eigenvalue weighted by molar-refractivity contribution is 7.89. The van der Waals surface area contributed by atoms with E-state index in [-0.39, 0.29) is 10.9 Å². The molecule has 0 spiro atoms. The molecule has 0 bridgehead atoms. The number of carbonyl (C=O) groups is 1. The first-order chi connectivity index (χ1) is 10.1. The van der Waals surface area contributed by atoms with Crippen molar-refractivity contribution >= 4 is 21.9 Å². The van der Waals surface area contributed by atoms with Crippen molar-refractivity contribution in [1.29, 1.82) is 0 Å². The summed E-state index contributed by atoms with van der Waals surface area (Å²) in [6.45, 7) is 4.72. The zero-order valence-electron chi connectivity index (χ0n) is 12.5. The summed E-state index contributed by atoms with van der Waals surface area (Å²) in [6, 6.07) is 4.52. The first-order valence-corrected chi connectivity index (χ1v) is 8.38. The normalized spacial score (nSPS) is 20.9. The van der Waals surface area contributed by atoms with Gasteiger partial charge in [0.15, 0.2) is 5.03 Å². The average Bonchev–Trinajstić information content (AvgIpc) is 2.71. The quantitative estimate of drug-likeness (QED) is 0.754. The van der Waals surface area contributed by atoms with Crippen LogP contribution in [-0.4, -0.2) is 48.1 Å². The maximum absolute atomic E-state index is 11.3. The van der Waals surface area contributed by atoms with Crippen molar-refractivity contribution in [3.8, 4) is 0 Å². The number of anilines is 1. The molecular formula is C13H20N4O4S. The number of nitrogens with one attached hydrogen (secondary N) is 1. The molecule has 0 aromatic carbocycles.